The molecular formula is C17H26N2O2S. The van der Waals surface area contributed by atoms with E-state index < -0.39 is 6.10 Å². The van der Waals surface area contributed by atoms with Crippen LogP contribution in [0.4, 0.5) is 4.79 Å². The van der Waals surface area contributed by atoms with Crippen LogP contribution in [0, 0.1) is 0 Å². The second kappa shape index (κ2) is 8.44. The summed E-state index contributed by atoms with van der Waals surface area (Å²) in [7, 11) is 0. The van der Waals surface area contributed by atoms with Crippen LogP contribution in [0.3, 0.4) is 0 Å². The van der Waals surface area contributed by atoms with Gasteiger partial charge in [0.1, 0.15) is 0 Å². The Labute approximate surface area is 137 Å². The number of aliphatic hydroxyl groups excluding tert-OH is 1. The van der Waals surface area contributed by atoms with Gasteiger partial charge in [-0.1, -0.05) is 30.3 Å². The van der Waals surface area contributed by atoms with Gasteiger partial charge >= 0.3 is 6.03 Å². The molecule has 1 aromatic rings. The third kappa shape index (κ3) is 5.21. The summed E-state index contributed by atoms with van der Waals surface area (Å²) in [6, 6.07) is 9.62. The van der Waals surface area contributed by atoms with Crippen LogP contribution in [-0.4, -0.2) is 34.7 Å². The van der Waals surface area contributed by atoms with Crippen LogP contribution >= 0.6 is 11.8 Å². The lowest BCUT2D eigenvalue weighted by Gasteiger charge is -2.20. The van der Waals surface area contributed by atoms with Gasteiger partial charge in [0.25, 0.3) is 0 Å². The van der Waals surface area contributed by atoms with E-state index in [0.717, 1.165) is 18.4 Å². The molecule has 1 aliphatic rings. The molecule has 0 aromatic heterocycles. The second-order valence-electron chi connectivity index (χ2n) is 6.05. The van der Waals surface area contributed by atoms with Gasteiger partial charge in [0.2, 0.25) is 0 Å². The average molecular weight is 322 g/mol. The first-order chi connectivity index (χ1) is 10.6. The number of benzene rings is 1. The minimum Gasteiger partial charge on any atom is -0.388 e. The molecule has 0 spiro atoms. The van der Waals surface area contributed by atoms with Crippen molar-refractivity contribution in [2.24, 2.45) is 0 Å². The topological polar surface area (TPSA) is 61.4 Å². The number of carbonyl (C=O) groups excluding carboxylic acids is 1. The number of hydrogen-bond acceptors (Lipinski definition) is 3. The van der Waals surface area contributed by atoms with Crippen molar-refractivity contribution in [1.82, 2.24) is 10.6 Å². The van der Waals surface area contributed by atoms with E-state index >= 15 is 0 Å². The lowest BCUT2D eigenvalue weighted by atomic mass is 10.0. The third-order valence-corrected chi connectivity index (χ3v) is 5.29. The number of rotatable bonds is 6. The first-order valence-electron chi connectivity index (χ1n) is 7.91. The molecule has 122 valence electrons. The van der Waals surface area contributed by atoms with E-state index in [1.54, 1.807) is 0 Å². The van der Waals surface area contributed by atoms with Crippen molar-refractivity contribution in [2.45, 2.75) is 56.0 Å². The second-order valence-corrected chi connectivity index (χ2v) is 7.19. The molecule has 4 atom stereocenters. The molecule has 22 heavy (non-hydrogen) atoms. The van der Waals surface area contributed by atoms with Gasteiger partial charge < -0.3 is 15.7 Å². The number of amides is 2. The first-order valence-corrected chi connectivity index (χ1v) is 9.20. The smallest absolute Gasteiger partial charge is 0.315 e. The van der Waals surface area contributed by atoms with Crippen LogP contribution in [0.2, 0.25) is 0 Å². The van der Waals surface area contributed by atoms with Crippen LogP contribution in [-0.2, 0) is 0 Å². The van der Waals surface area contributed by atoms with E-state index in [2.05, 4.69) is 16.9 Å². The van der Waals surface area contributed by atoms with Crippen molar-refractivity contribution in [3.8, 4) is 0 Å². The molecule has 1 saturated carbocycles. The monoisotopic (exact) mass is 322 g/mol. The summed E-state index contributed by atoms with van der Waals surface area (Å²) in [6.07, 6.45) is 5.36. The molecule has 1 aromatic carbocycles. The van der Waals surface area contributed by atoms with Gasteiger partial charge in [-0.3, -0.25) is 0 Å². The Morgan fingerprint density at radius 3 is 2.73 bits per heavy atom. The standard InChI is InChI=1S/C17H26N2O2S/c1-12(10-16(20)13-6-4-3-5-7-13)18-17(21)19-14-8-9-15(11-14)22-2/h3-7,12,14-16,20H,8-11H2,1-2H3,(H2,18,19,21)/t12-,14+,15-,16-/m1/s1. The fourth-order valence-corrected chi connectivity index (χ4v) is 3.74. The van der Waals surface area contributed by atoms with Gasteiger partial charge in [-0.05, 0) is 44.4 Å². The van der Waals surface area contributed by atoms with Gasteiger partial charge in [-0.15, -0.1) is 0 Å². The molecule has 2 amide bonds. The molecule has 0 aliphatic heterocycles. The highest BCUT2D eigenvalue weighted by atomic mass is 32.2. The summed E-state index contributed by atoms with van der Waals surface area (Å²) < 4.78 is 0. The van der Waals surface area contributed by atoms with E-state index in [1.165, 1.54) is 6.42 Å². The highest BCUT2D eigenvalue weighted by Crippen LogP contribution is 2.28. The highest BCUT2D eigenvalue weighted by Gasteiger charge is 2.25. The molecule has 4 nitrogen and oxygen atoms in total. The fourth-order valence-electron chi connectivity index (χ4n) is 2.94. The maximum Gasteiger partial charge on any atom is 0.315 e. The molecule has 2 rings (SSSR count). The Morgan fingerprint density at radius 2 is 2.09 bits per heavy atom. The van der Waals surface area contributed by atoms with Gasteiger partial charge in [-0.25, -0.2) is 4.79 Å². The third-order valence-electron chi connectivity index (χ3n) is 4.19. The van der Waals surface area contributed by atoms with Crippen molar-refractivity contribution in [2.75, 3.05) is 6.26 Å². The van der Waals surface area contributed by atoms with E-state index in [4.69, 9.17) is 0 Å². The van der Waals surface area contributed by atoms with E-state index in [-0.39, 0.29) is 18.1 Å². The lowest BCUT2D eigenvalue weighted by Crippen LogP contribution is -2.45. The normalized spacial score (nSPS) is 23.8. The lowest BCUT2D eigenvalue weighted by molar-refractivity contribution is 0.154. The zero-order valence-electron chi connectivity index (χ0n) is 13.3. The first kappa shape index (κ1) is 17.2. The van der Waals surface area contributed by atoms with Crippen LogP contribution < -0.4 is 10.6 Å². The quantitative estimate of drug-likeness (QED) is 0.754. The minimum atomic E-state index is -0.552. The van der Waals surface area contributed by atoms with Gasteiger partial charge in [0, 0.05) is 17.3 Å². The zero-order valence-corrected chi connectivity index (χ0v) is 14.1. The van der Waals surface area contributed by atoms with E-state index in [9.17, 15) is 9.90 Å². The number of carbonyl (C=O) groups is 1. The predicted octanol–water partition coefficient (Wildman–Crippen LogP) is 3.08. The molecule has 0 radical (unpaired) electrons. The fraction of sp³-hybridized carbons (Fsp3) is 0.588. The number of urea groups is 1. The van der Waals surface area contributed by atoms with Gasteiger partial charge in [-0.2, -0.15) is 11.8 Å². The number of aliphatic hydroxyl groups is 1. The molecule has 5 heteroatoms. The van der Waals surface area contributed by atoms with Gasteiger partial charge in [0.05, 0.1) is 6.10 Å². The van der Waals surface area contributed by atoms with E-state index in [1.807, 2.05) is 49.0 Å². The minimum absolute atomic E-state index is 0.0760. The highest BCUT2D eigenvalue weighted by molar-refractivity contribution is 7.99. The summed E-state index contributed by atoms with van der Waals surface area (Å²) >= 11 is 1.88. The Morgan fingerprint density at radius 1 is 1.36 bits per heavy atom. The number of nitrogens with one attached hydrogen (secondary N) is 2. The number of thioether (sulfide) groups is 1. The molecule has 0 saturated heterocycles. The molecule has 0 heterocycles. The number of hydrogen-bond donors (Lipinski definition) is 3. The molecule has 3 N–H and O–H groups in total. The summed E-state index contributed by atoms with van der Waals surface area (Å²) in [5.74, 6) is 0. The van der Waals surface area contributed by atoms with Crippen LogP contribution in [0.25, 0.3) is 0 Å². The van der Waals surface area contributed by atoms with Crippen molar-refractivity contribution < 1.29 is 9.90 Å². The zero-order chi connectivity index (χ0) is 15.9. The van der Waals surface area contributed by atoms with Crippen molar-refractivity contribution >= 4 is 17.8 Å². The molecule has 0 unspecified atom stereocenters. The Kier molecular flexibility index (Phi) is 6.58. The van der Waals surface area contributed by atoms with Gasteiger partial charge in [0.15, 0.2) is 0 Å². The van der Waals surface area contributed by atoms with Crippen LogP contribution in [0.5, 0.6) is 0 Å². The summed E-state index contributed by atoms with van der Waals surface area (Å²) in [5.41, 5.74) is 0.884. The summed E-state index contributed by atoms with van der Waals surface area (Å²) in [5, 5.41) is 16.8. The van der Waals surface area contributed by atoms with Crippen molar-refractivity contribution in [3.63, 3.8) is 0 Å². The largest absolute Gasteiger partial charge is 0.388 e. The Hall–Kier alpha value is -1.20. The molecule has 1 aliphatic carbocycles. The summed E-state index contributed by atoms with van der Waals surface area (Å²) in [4.78, 5) is 12.0. The maximum absolute atomic E-state index is 12.0. The molecule has 1 fully saturated rings. The van der Waals surface area contributed by atoms with Crippen LogP contribution in [0.1, 0.15) is 44.3 Å². The van der Waals surface area contributed by atoms with Crippen LogP contribution in [0.15, 0.2) is 30.3 Å². The molecular weight excluding hydrogens is 296 g/mol. The summed E-state index contributed by atoms with van der Waals surface area (Å²) in [6.45, 7) is 1.92. The van der Waals surface area contributed by atoms with E-state index in [0.29, 0.717) is 11.7 Å². The predicted molar refractivity (Wildman–Crippen MR) is 92.1 cm³/mol. The Balaban J connectivity index is 1.72. The maximum atomic E-state index is 12.0. The SMILES string of the molecule is CS[C@@H]1CC[C@H](NC(=O)N[C@H](C)C[C@@H](O)c2ccccc2)C1. The average Bonchev–Trinajstić information content (AvgIpc) is 2.95. The van der Waals surface area contributed by atoms with Crippen molar-refractivity contribution in [1.29, 1.82) is 0 Å². The molecule has 0 bridgehead atoms. The van der Waals surface area contributed by atoms with Crippen molar-refractivity contribution in [3.05, 3.63) is 35.9 Å². The Bertz CT molecular complexity index is 469.